The van der Waals surface area contributed by atoms with Gasteiger partial charge in [-0.3, -0.25) is 19.7 Å². The molecule has 118 valence electrons. The summed E-state index contributed by atoms with van der Waals surface area (Å²) in [5.74, 6) is -0.107. The lowest BCUT2D eigenvalue weighted by molar-refractivity contribution is -0.384. The van der Waals surface area contributed by atoms with Crippen LogP contribution in [0.3, 0.4) is 0 Å². The van der Waals surface area contributed by atoms with Crippen LogP contribution < -0.4 is 5.32 Å². The second-order valence-electron chi connectivity index (χ2n) is 5.26. The van der Waals surface area contributed by atoms with Gasteiger partial charge in [0.2, 0.25) is 11.8 Å². The molecule has 1 N–H and O–H groups in total. The molecule has 8 heteroatoms. The number of benzene rings is 1. The fourth-order valence-corrected chi connectivity index (χ4v) is 3.39. The molecule has 7 nitrogen and oxygen atoms in total. The fourth-order valence-electron chi connectivity index (χ4n) is 2.22. The number of hydrogen-bond acceptors (Lipinski definition) is 5. The molecule has 0 spiro atoms. The van der Waals surface area contributed by atoms with Gasteiger partial charge in [-0.05, 0) is 19.4 Å². The highest BCUT2D eigenvalue weighted by molar-refractivity contribution is 8.00. The van der Waals surface area contributed by atoms with E-state index < -0.39 is 4.92 Å². The Balaban J connectivity index is 2.18. The van der Waals surface area contributed by atoms with E-state index in [1.807, 2.05) is 13.8 Å². The van der Waals surface area contributed by atoms with Crippen molar-refractivity contribution >= 4 is 29.3 Å². The molecule has 0 saturated carbocycles. The van der Waals surface area contributed by atoms with Crippen LogP contribution in [0, 0.1) is 10.1 Å². The van der Waals surface area contributed by atoms with Crippen LogP contribution in [0.15, 0.2) is 24.3 Å². The third kappa shape index (κ3) is 3.76. The summed E-state index contributed by atoms with van der Waals surface area (Å²) in [4.78, 5) is 35.7. The molecule has 1 saturated heterocycles. The van der Waals surface area contributed by atoms with Gasteiger partial charge in [-0.1, -0.05) is 12.1 Å². The summed E-state index contributed by atoms with van der Waals surface area (Å²) in [6.45, 7) is 3.64. The molecule has 0 aromatic heterocycles. The maximum Gasteiger partial charge on any atom is 0.269 e. The highest BCUT2D eigenvalue weighted by Crippen LogP contribution is 2.39. The van der Waals surface area contributed by atoms with E-state index in [0.717, 1.165) is 0 Å². The van der Waals surface area contributed by atoms with Crippen LogP contribution in [0.4, 0.5) is 5.69 Å². The van der Waals surface area contributed by atoms with Gasteiger partial charge < -0.3 is 10.2 Å². The molecule has 1 aromatic rings. The number of amides is 2. The van der Waals surface area contributed by atoms with Crippen LogP contribution in [-0.2, 0) is 9.59 Å². The summed E-state index contributed by atoms with van der Waals surface area (Å²) >= 11 is 1.37. The standard InChI is InChI=1S/C14H17N3O4S/c1-9(2)15-12(18)7-16-13(19)8-22-14(16)10-4-3-5-11(6-10)17(20)21/h3-6,9,14H,7-8H2,1-2H3,(H,15,18)/t14-/m0/s1. The van der Waals surface area contributed by atoms with Gasteiger partial charge in [0.05, 0.1) is 10.7 Å². The zero-order valence-electron chi connectivity index (χ0n) is 12.3. The van der Waals surface area contributed by atoms with Gasteiger partial charge in [0.25, 0.3) is 5.69 Å². The van der Waals surface area contributed by atoms with Crippen molar-refractivity contribution in [1.29, 1.82) is 0 Å². The SMILES string of the molecule is CC(C)NC(=O)CN1C(=O)CS[C@H]1c1cccc([N+](=O)[O-])c1. The van der Waals surface area contributed by atoms with E-state index in [4.69, 9.17) is 0 Å². The maximum atomic E-state index is 12.0. The number of nitrogens with one attached hydrogen (secondary N) is 1. The smallest absolute Gasteiger partial charge is 0.269 e. The number of nitro benzene ring substituents is 1. The Morgan fingerprint density at radius 1 is 1.55 bits per heavy atom. The van der Waals surface area contributed by atoms with Crippen LogP contribution in [0.2, 0.25) is 0 Å². The van der Waals surface area contributed by atoms with Crippen molar-refractivity contribution in [3.05, 3.63) is 39.9 Å². The lowest BCUT2D eigenvalue weighted by Gasteiger charge is -2.24. The summed E-state index contributed by atoms with van der Waals surface area (Å²) in [5.41, 5.74) is 0.631. The zero-order valence-corrected chi connectivity index (χ0v) is 13.1. The Morgan fingerprint density at radius 2 is 2.27 bits per heavy atom. The first-order valence-corrected chi connectivity index (χ1v) is 7.88. The van der Waals surface area contributed by atoms with Crippen molar-refractivity contribution in [3.63, 3.8) is 0 Å². The van der Waals surface area contributed by atoms with E-state index >= 15 is 0 Å². The van der Waals surface area contributed by atoms with Gasteiger partial charge in [-0.25, -0.2) is 0 Å². The van der Waals surface area contributed by atoms with Crippen molar-refractivity contribution in [2.75, 3.05) is 12.3 Å². The van der Waals surface area contributed by atoms with Crippen LogP contribution >= 0.6 is 11.8 Å². The molecule has 1 aliphatic rings. The number of carbonyl (C=O) groups is 2. The number of rotatable bonds is 5. The highest BCUT2D eigenvalue weighted by Gasteiger charge is 2.34. The largest absolute Gasteiger partial charge is 0.352 e. The van der Waals surface area contributed by atoms with Crippen LogP contribution in [0.1, 0.15) is 24.8 Å². The predicted octanol–water partition coefficient (Wildman–Crippen LogP) is 1.69. The van der Waals surface area contributed by atoms with E-state index in [1.165, 1.54) is 28.8 Å². The average molecular weight is 323 g/mol. The maximum absolute atomic E-state index is 12.0. The zero-order chi connectivity index (χ0) is 16.3. The van der Waals surface area contributed by atoms with Gasteiger partial charge >= 0.3 is 0 Å². The third-order valence-corrected chi connectivity index (χ3v) is 4.35. The molecule has 0 aliphatic carbocycles. The highest BCUT2D eigenvalue weighted by atomic mass is 32.2. The normalized spacial score (nSPS) is 17.9. The second kappa shape index (κ2) is 6.78. The molecule has 0 unspecified atom stereocenters. The number of nitro groups is 1. The molecule has 1 fully saturated rings. The average Bonchev–Trinajstić information content (AvgIpc) is 2.79. The van der Waals surface area contributed by atoms with Crippen molar-refractivity contribution < 1.29 is 14.5 Å². The molecular weight excluding hydrogens is 306 g/mol. The van der Waals surface area contributed by atoms with Crippen LogP contribution in [-0.4, -0.2) is 40.0 Å². The number of thioether (sulfide) groups is 1. The van der Waals surface area contributed by atoms with Crippen molar-refractivity contribution in [2.24, 2.45) is 0 Å². The first-order valence-electron chi connectivity index (χ1n) is 6.83. The summed E-state index contributed by atoms with van der Waals surface area (Å²) < 4.78 is 0. The van der Waals surface area contributed by atoms with Gasteiger partial charge in [0, 0.05) is 18.2 Å². The third-order valence-electron chi connectivity index (χ3n) is 3.10. The van der Waals surface area contributed by atoms with Crippen molar-refractivity contribution in [3.8, 4) is 0 Å². The van der Waals surface area contributed by atoms with E-state index in [0.29, 0.717) is 5.56 Å². The van der Waals surface area contributed by atoms with Gasteiger partial charge in [0.15, 0.2) is 0 Å². The number of hydrogen-bond donors (Lipinski definition) is 1. The summed E-state index contributed by atoms with van der Waals surface area (Å²) in [6, 6.07) is 6.17. The summed E-state index contributed by atoms with van der Waals surface area (Å²) in [5, 5.41) is 13.2. The summed E-state index contributed by atoms with van der Waals surface area (Å²) in [6.07, 6.45) is 0. The number of non-ortho nitro benzene ring substituents is 1. The molecule has 22 heavy (non-hydrogen) atoms. The Bertz CT molecular complexity index is 606. The van der Waals surface area contributed by atoms with Crippen molar-refractivity contribution in [2.45, 2.75) is 25.3 Å². The second-order valence-corrected chi connectivity index (χ2v) is 6.33. The van der Waals surface area contributed by atoms with E-state index in [2.05, 4.69) is 5.32 Å². The first-order chi connectivity index (χ1) is 10.4. The van der Waals surface area contributed by atoms with Crippen molar-refractivity contribution in [1.82, 2.24) is 10.2 Å². The predicted molar refractivity (Wildman–Crippen MR) is 83.3 cm³/mol. The van der Waals surface area contributed by atoms with E-state index in [9.17, 15) is 19.7 Å². The number of carbonyl (C=O) groups excluding carboxylic acids is 2. The minimum absolute atomic E-state index is 0.00544. The molecule has 1 aliphatic heterocycles. The fraction of sp³-hybridized carbons (Fsp3) is 0.429. The van der Waals surface area contributed by atoms with E-state index in [1.54, 1.807) is 12.1 Å². The minimum Gasteiger partial charge on any atom is -0.352 e. The monoisotopic (exact) mass is 323 g/mol. The summed E-state index contributed by atoms with van der Waals surface area (Å²) in [7, 11) is 0. The Morgan fingerprint density at radius 3 is 2.91 bits per heavy atom. The van der Waals surface area contributed by atoms with E-state index in [-0.39, 0.29) is 41.2 Å². The first kappa shape index (κ1) is 16.3. The molecule has 1 aromatic carbocycles. The molecular formula is C14H17N3O4S. The molecule has 0 radical (unpaired) electrons. The Kier molecular flexibility index (Phi) is 5.02. The minimum atomic E-state index is -0.471. The Hall–Kier alpha value is -2.09. The topological polar surface area (TPSA) is 92.6 Å². The van der Waals surface area contributed by atoms with Gasteiger partial charge in [0.1, 0.15) is 11.9 Å². The lowest BCUT2D eigenvalue weighted by atomic mass is 10.2. The molecule has 1 heterocycles. The molecule has 0 bridgehead atoms. The molecule has 1 atom stereocenters. The number of nitrogens with zero attached hydrogens (tertiary/aromatic N) is 2. The molecule has 2 rings (SSSR count). The Labute approximate surface area is 132 Å². The quantitative estimate of drug-likeness (QED) is 0.657. The van der Waals surface area contributed by atoms with Gasteiger partial charge in [-0.2, -0.15) is 0 Å². The lowest BCUT2D eigenvalue weighted by Crippen LogP contribution is -2.41. The van der Waals surface area contributed by atoms with Crippen LogP contribution in [0.25, 0.3) is 0 Å². The van der Waals surface area contributed by atoms with Crippen LogP contribution in [0.5, 0.6) is 0 Å². The van der Waals surface area contributed by atoms with Gasteiger partial charge in [-0.15, -0.1) is 11.8 Å². The molecule has 2 amide bonds.